The van der Waals surface area contributed by atoms with Gasteiger partial charge in [0.25, 0.3) is 0 Å². The van der Waals surface area contributed by atoms with Crippen LogP contribution in [0, 0.1) is 0 Å². The molecule has 0 aliphatic rings. The van der Waals surface area contributed by atoms with Gasteiger partial charge >= 0.3 is 0 Å². The molecule has 0 saturated carbocycles. The summed E-state index contributed by atoms with van der Waals surface area (Å²) in [6.07, 6.45) is 3.00. The minimum absolute atomic E-state index is 0.598. The summed E-state index contributed by atoms with van der Waals surface area (Å²) >= 11 is 0. The highest BCUT2D eigenvalue weighted by molar-refractivity contribution is 5.77. The average Bonchev–Trinajstić information content (AvgIpc) is 2.31. The van der Waals surface area contributed by atoms with Crippen LogP contribution in [-0.4, -0.2) is 21.4 Å². The largest absolute Gasteiger partial charge is 0.411 e. The second-order valence-corrected chi connectivity index (χ2v) is 2.91. The number of nitrogens with zero attached hydrogens (tertiary/aromatic N) is 3. The normalized spacial score (nSPS) is 10.7. The molecule has 2 rings (SSSR count). The van der Waals surface area contributed by atoms with Gasteiger partial charge in [0.15, 0.2) is 0 Å². The summed E-state index contributed by atoms with van der Waals surface area (Å²) in [5.74, 6) is 0. The van der Waals surface area contributed by atoms with Crippen LogP contribution in [0.25, 0.3) is 11.4 Å². The van der Waals surface area contributed by atoms with Crippen LogP contribution in [0.5, 0.6) is 0 Å². The third-order valence-electron chi connectivity index (χ3n) is 1.89. The Morgan fingerprint density at radius 3 is 2.67 bits per heavy atom. The van der Waals surface area contributed by atoms with E-state index in [1.807, 2.05) is 30.3 Å². The van der Waals surface area contributed by atoms with Crippen molar-refractivity contribution >= 4 is 6.21 Å². The van der Waals surface area contributed by atoms with Gasteiger partial charge in [0.05, 0.1) is 23.3 Å². The monoisotopic (exact) mass is 199 g/mol. The fourth-order valence-electron chi connectivity index (χ4n) is 1.24. The van der Waals surface area contributed by atoms with E-state index in [1.165, 1.54) is 6.21 Å². The van der Waals surface area contributed by atoms with E-state index in [2.05, 4.69) is 15.1 Å². The minimum atomic E-state index is 0.598. The molecular weight excluding hydrogens is 190 g/mol. The van der Waals surface area contributed by atoms with Gasteiger partial charge in [-0.1, -0.05) is 17.3 Å². The van der Waals surface area contributed by atoms with Crippen molar-refractivity contribution in [3.8, 4) is 11.4 Å². The Bertz CT molecular complexity index is 468. The maximum atomic E-state index is 8.39. The smallest absolute Gasteiger partial charge is 0.0918 e. The molecule has 0 amide bonds. The second-order valence-electron chi connectivity index (χ2n) is 2.91. The van der Waals surface area contributed by atoms with Gasteiger partial charge in [-0.25, -0.2) is 4.98 Å². The van der Waals surface area contributed by atoms with Crippen molar-refractivity contribution in [2.24, 2.45) is 5.16 Å². The maximum absolute atomic E-state index is 8.39. The van der Waals surface area contributed by atoms with Gasteiger partial charge in [0.2, 0.25) is 0 Å². The Balaban J connectivity index is 2.41. The zero-order valence-electron chi connectivity index (χ0n) is 7.91. The standard InChI is InChI=1S/C11H9N3O/c15-13-8-9-4-3-6-11(14-9)10-5-1-2-7-12-10/h1-8,15H/b13-8+. The average molecular weight is 199 g/mol. The lowest BCUT2D eigenvalue weighted by Crippen LogP contribution is -1.91. The summed E-state index contributed by atoms with van der Waals surface area (Å²) in [5, 5.41) is 11.3. The van der Waals surface area contributed by atoms with Gasteiger partial charge in [-0.3, -0.25) is 4.98 Å². The van der Waals surface area contributed by atoms with Gasteiger partial charge in [-0.15, -0.1) is 0 Å². The van der Waals surface area contributed by atoms with Gasteiger partial charge in [-0.05, 0) is 24.3 Å². The zero-order chi connectivity index (χ0) is 10.5. The molecular formula is C11H9N3O. The van der Waals surface area contributed by atoms with Gasteiger partial charge in [0, 0.05) is 6.20 Å². The quantitative estimate of drug-likeness (QED) is 0.457. The molecule has 74 valence electrons. The summed E-state index contributed by atoms with van der Waals surface area (Å²) in [4.78, 5) is 8.44. The molecule has 0 atom stereocenters. The van der Waals surface area contributed by atoms with E-state index in [4.69, 9.17) is 5.21 Å². The van der Waals surface area contributed by atoms with Crippen molar-refractivity contribution in [1.29, 1.82) is 0 Å². The molecule has 4 nitrogen and oxygen atoms in total. The summed E-state index contributed by atoms with van der Waals surface area (Å²) in [7, 11) is 0. The third-order valence-corrected chi connectivity index (χ3v) is 1.89. The third kappa shape index (κ3) is 2.17. The fourth-order valence-corrected chi connectivity index (χ4v) is 1.24. The first-order valence-electron chi connectivity index (χ1n) is 4.46. The van der Waals surface area contributed by atoms with Crippen molar-refractivity contribution in [3.63, 3.8) is 0 Å². The van der Waals surface area contributed by atoms with Gasteiger partial charge in [0.1, 0.15) is 0 Å². The highest BCUT2D eigenvalue weighted by Crippen LogP contribution is 2.12. The summed E-state index contributed by atoms with van der Waals surface area (Å²) < 4.78 is 0. The fraction of sp³-hybridized carbons (Fsp3) is 0. The van der Waals surface area contributed by atoms with Crippen LogP contribution in [0.3, 0.4) is 0 Å². The Morgan fingerprint density at radius 2 is 1.93 bits per heavy atom. The maximum Gasteiger partial charge on any atom is 0.0918 e. The molecule has 2 heterocycles. The van der Waals surface area contributed by atoms with Crippen LogP contribution in [0.4, 0.5) is 0 Å². The number of hydrogen-bond donors (Lipinski definition) is 1. The molecule has 0 aliphatic carbocycles. The van der Waals surface area contributed by atoms with Crippen molar-refractivity contribution in [2.75, 3.05) is 0 Å². The van der Waals surface area contributed by atoms with Crippen LogP contribution in [0.15, 0.2) is 47.8 Å². The summed E-state index contributed by atoms with van der Waals surface area (Å²) in [6, 6.07) is 11.1. The predicted molar refractivity (Wildman–Crippen MR) is 56.8 cm³/mol. The number of oxime groups is 1. The molecule has 0 saturated heterocycles. The van der Waals surface area contributed by atoms with Crippen molar-refractivity contribution in [1.82, 2.24) is 9.97 Å². The second kappa shape index (κ2) is 4.32. The first kappa shape index (κ1) is 9.33. The number of rotatable bonds is 2. The van der Waals surface area contributed by atoms with Crippen molar-refractivity contribution < 1.29 is 5.21 Å². The molecule has 2 aromatic rings. The molecule has 0 bridgehead atoms. The van der Waals surface area contributed by atoms with E-state index in [0.717, 1.165) is 11.4 Å². The van der Waals surface area contributed by atoms with E-state index in [9.17, 15) is 0 Å². The Labute approximate surface area is 86.9 Å². The van der Waals surface area contributed by atoms with Crippen LogP contribution >= 0.6 is 0 Å². The lowest BCUT2D eigenvalue weighted by Gasteiger charge is -1.99. The van der Waals surface area contributed by atoms with Crippen LogP contribution < -0.4 is 0 Å². The van der Waals surface area contributed by atoms with Crippen molar-refractivity contribution in [3.05, 3.63) is 48.3 Å². The Hall–Kier alpha value is -2.23. The SMILES string of the molecule is O/N=C/c1cccc(-c2ccccn2)n1. The molecule has 0 fully saturated rings. The molecule has 0 aromatic carbocycles. The van der Waals surface area contributed by atoms with Crippen LogP contribution in [0.2, 0.25) is 0 Å². The predicted octanol–water partition coefficient (Wildman–Crippen LogP) is 1.95. The molecule has 0 unspecified atom stereocenters. The summed E-state index contributed by atoms with van der Waals surface area (Å²) in [6.45, 7) is 0. The molecule has 0 radical (unpaired) electrons. The summed E-state index contributed by atoms with van der Waals surface area (Å²) in [5.41, 5.74) is 2.15. The molecule has 2 aromatic heterocycles. The van der Waals surface area contributed by atoms with E-state index in [1.54, 1.807) is 12.3 Å². The number of pyridine rings is 2. The zero-order valence-corrected chi connectivity index (χ0v) is 7.91. The highest BCUT2D eigenvalue weighted by atomic mass is 16.4. The molecule has 0 spiro atoms. The van der Waals surface area contributed by atoms with Crippen LogP contribution in [-0.2, 0) is 0 Å². The van der Waals surface area contributed by atoms with E-state index < -0.39 is 0 Å². The van der Waals surface area contributed by atoms with Gasteiger partial charge < -0.3 is 5.21 Å². The topological polar surface area (TPSA) is 58.4 Å². The van der Waals surface area contributed by atoms with E-state index in [0.29, 0.717) is 5.69 Å². The van der Waals surface area contributed by atoms with E-state index in [-0.39, 0.29) is 0 Å². The van der Waals surface area contributed by atoms with Crippen molar-refractivity contribution in [2.45, 2.75) is 0 Å². The molecule has 1 N–H and O–H groups in total. The highest BCUT2D eigenvalue weighted by Gasteiger charge is 1.99. The number of aromatic nitrogens is 2. The van der Waals surface area contributed by atoms with Crippen LogP contribution in [0.1, 0.15) is 5.69 Å². The van der Waals surface area contributed by atoms with E-state index >= 15 is 0 Å². The first-order valence-corrected chi connectivity index (χ1v) is 4.46. The lowest BCUT2D eigenvalue weighted by atomic mass is 10.2. The first-order chi connectivity index (χ1) is 7.40. The Morgan fingerprint density at radius 1 is 1.07 bits per heavy atom. The molecule has 0 aliphatic heterocycles. The number of hydrogen-bond acceptors (Lipinski definition) is 4. The minimum Gasteiger partial charge on any atom is -0.411 e. The van der Waals surface area contributed by atoms with Gasteiger partial charge in [-0.2, -0.15) is 0 Å². The molecule has 4 heteroatoms. The Kier molecular flexibility index (Phi) is 2.69. The lowest BCUT2D eigenvalue weighted by molar-refractivity contribution is 0.321. The molecule has 15 heavy (non-hydrogen) atoms.